The fraction of sp³-hybridized carbons (Fsp3) is 0.533. The van der Waals surface area contributed by atoms with Crippen LogP contribution in [-0.2, 0) is 0 Å². The van der Waals surface area contributed by atoms with Crippen LogP contribution >= 0.6 is 0 Å². The Morgan fingerprint density at radius 1 is 1.32 bits per heavy atom. The molecule has 0 radical (unpaired) electrons. The average Bonchev–Trinajstić information content (AvgIpc) is 2.45. The molecule has 0 amide bonds. The Bertz CT molecular complexity index is 419. The quantitative estimate of drug-likeness (QED) is 0.830. The zero-order valence-corrected chi connectivity index (χ0v) is 11.0. The van der Waals surface area contributed by atoms with Crippen LogP contribution in [0.3, 0.4) is 0 Å². The molecule has 1 unspecified atom stereocenters. The lowest BCUT2D eigenvalue weighted by Crippen LogP contribution is -2.42. The highest BCUT2D eigenvalue weighted by atomic mass is 19.1. The number of likely N-dealkylation sites (tertiary alicyclic amines) is 1. The second-order valence-electron chi connectivity index (χ2n) is 5.05. The summed E-state index contributed by atoms with van der Waals surface area (Å²) in [6.07, 6.45) is 3.69. The number of ketones is 1. The topological polar surface area (TPSA) is 40.5 Å². The molecule has 1 N–H and O–H groups in total. The summed E-state index contributed by atoms with van der Waals surface area (Å²) in [5.41, 5.74) is 0.555. The lowest BCUT2D eigenvalue weighted by molar-refractivity contribution is 0.0793. The second-order valence-corrected chi connectivity index (χ2v) is 5.05. The number of hydrogen-bond donors (Lipinski definition) is 1. The Morgan fingerprint density at radius 2 is 2.05 bits per heavy atom. The van der Waals surface area contributed by atoms with Crippen molar-refractivity contribution in [1.82, 2.24) is 4.90 Å². The maximum atomic E-state index is 12.8. The molecular weight excluding hydrogens is 245 g/mol. The van der Waals surface area contributed by atoms with Gasteiger partial charge in [-0.1, -0.05) is 6.42 Å². The molecule has 1 aliphatic rings. The van der Waals surface area contributed by atoms with Gasteiger partial charge in [0.2, 0.25) is 0 Å². The summed E-state index contributed by atoms with van der Waals surface area (Å²) in [5.74, 6) is -0.296. The van der Waals surface area contributed by atoms with Gasteiger partial charge in [0.25, 0.3) is 0 Å². The summed E-state index contributed by atoms with van der Waals surface area (Å²) in [5, 5.41) is 9.31. The molecular formula is C15H20FNO2. The predicted octanol–water partition coefficient (Wildman–Crippen LogP) is 2.25. The zero-order chi connectivity index (χ0) is 13.7. The Labute approximate surface area is 113 Å². The Balaban J connectivity index is 1.87. The predicted molar refractivity (Wildman–Crippen MR) is 71.6 cm³/mol. The van der Waals surface area contributed by atoms with E-state index in [1.165, 1.54) is 24.3 Å². The lowest BCUT2D eigenvalue weighted by atomic mass is 10.0. The van der Waals surface area contributed by atoms with Crippen LogP contribution < -0.4 is 0 Å². The zero-order valence-electron chi connectivity index (χ0n) is 11.0. The summed E-state index contributed by atoms with van der Waals surface area (Å²) in [7, 11) is 0. The fourth-order valence-electron chi connectivity index (χ4n) is 2.59. The Hall–Kier alpha value is -1.26. The molecule has 0 bridgehead atoms. The summed E-state index contributed by atoms with van der Waals surface area (Å²) in [6.45, 7) is 1.77. The second kappa shape index (κ2) is 6.78. The van der Waals surface area contributed by atoms with Gasteiger partial charge in [-0.3, -0.25) is 9.69 Å². The third-order valence-electron chi connectivity index (χ3n) is 3.75. The minimum absolute atomic E-state index is 0.0299. The van der Waals surface area contributed by atoms with E-state index in [-0.39, 0.29) is 24.2 Å². The summed E-state index contributed by atoms with van der Waals surface area (Å²) in [4.78, 5) is 14.2. The van der Waals surface area contributed by atoms with Gasteiger partial charge >= 0.3 is 0 Å². The van der Waals surface area contributed by atoms with Crippen molar-refractivity contribution in [3.05, 3.63) is 35.6 Å². The van der Waals surface area contributed by atoms with Gasteiger partial charge < -0.3 is 5.11 Å². The van der Waals surface area contributed by atoms with E-state index in [4.69, 9.17) is 0 Å². The SMILES string of the molecule is O=C(CCN1CCCCC1CO)c1ccc(F)cc1. The first-order valence-corrected chi connectivity index (χ1v) is 6.84. The van der Waals surface area contributed by atoms with Gasteiger partial charge in [0.05, 0.1) is 6.61 Å². The van der Waals surface area contributed by atoms with Gasteiger partial charge in [-0.05, 0) is 43.7 Å². The number of halogens is 1. The molecule has 1 aromatic carbocycles. The van der Waals surface area contributed by atoms with Crippen molar-refractivity contribution in [2.24, 2.45) is 0 Å². The van der Waals surface area contributed by atoms with Crippen LogP contribution in [0.15, 0.2) is 24.3 Å². The van der Waals surface area contributed by atoms with Gasteiger partial charge in [0.15, 0.2) is 5.78 Å². The van der Waals surface area contributed by atoms with E-state index in [0.29, 0.717) is 18.5 Å². The van der Waals surface area contributed by atoms with Crippen molar-refractivity contribution in [3.63, 3.8) is 0 Å². The molecule has 1 aliphatic heterocycles. The van der Waals surface area contributed by atoms with Gasteiger partial charge in [0, 0.05) is 24.6 Å². The van der Waals surface area contributed by atoms with Gasteiger partial charge in [-0.15, -0.1) is 0 Å². The number of Topliss-reactive ketones (excluding diaryl/α,β-unsaturated/α-hetero) is 1. The monoisotopic (exact) mass is 265 g/mol. The smallest absolute Gasteiger partial charge is 0.164 e. The van der Waals surface area contributed by atoms with Gasteiger partial charge in [-0.2, -0.15) is 0 Å². The van der Waals surface area contributed by atoms with Crippen molar-refractivity contribution >= 4 is 5.78 Å². The highest BCUT2D eigenvalue weighted by Gasteiger charge is 2.21. The van der Waals surface area contributed by atoms with Crippen LogP contribution in [0.5, 0.6) is 0 Å². The molecule has 4 heteroatoms. The number of rotatable bonds is 5. The average molecular weight is 265 g/mol. The molecule has 1 atom stereocenters. The van der Waals surface area contributed by atoms with E-state index in [9.17, 15) is 14.3 Å². The number of carbonyl (C=O) groups excluding carboxylic acids is 1. The number of hydrogen-bond acceptors (Lipinski definition) is 3. The fourth-order valence-corrected chi connectivity index (χ4v) is 2.59. The van der Waals surface area contributed by atoms with E-state index in [1.54, 1.807) is 0 Å². The van der Waals surface area contributed by atoms with E-state index in [2.05, 4.69) is 4.90 Å². The first-order chi connectivity index (χ1) is 9.20. The number of aliphatic hydroxyl groups is 1. The largest absolute Gasteiger partial charge is 0.395 e. The van der Waals surface area contributed by atoms with Crippen molar-refractivity contribution < 1.29 is 14.3 Å². The molecule has 0 aromatic heterocycles. The van der Waals surface area contributed by atoms with Crippen LogP contribution in [0.2, 0.25) is 0 Å². The van der Waals surface area contributed by atoms with E-state index in [1.807, 2.05) is 0 Å². The molecule has 104 valence electrons. The standard InChI is InChI=1S/C15H20FNO2/c16-13-6-4-12(5-7-13)15(19)8-10-17-9-2-1-3-14(17)11-18/h4-7,14,18H,1-3,8-11H2. The minimum Gasteiger partial charge on any atom is -0.395 e. The highest BCUT2D eigenvalue weighted by Crippen LogP contribution is 2.17. The number of benzene rings is 1. The summed E-state index contributed by atoms with van der Waals surface area (Å²) in [6, 6.07) is 5.86. The molecule has 0 saturated carbocycles. The van der Waals surface area contributed by atoms with Crippen molar-refractivity contribution in [3.8, 4) is 0 Å². The van der Waals surface area contributed by atoms with Crippen LogP contribution in [0.4, 0.5) is 4.39 Å². The number of aliphatic hydroxyl groups excluding tert-OH is 1. The lowest BCUT2D eigenvalue weighted by Gasteiger charge is -2.34. The maximum absolute atomic E-state index is 12.8. The van der Waals surface area contributed by atoms with Crippen molar-refractivity contribution in [2.45, 2.75) is 31.7 Å². The number of carbonyl (C=O) groups is 1. The molecule has 3 nitrogen and oxygen atoms in total. The normalized spacial score (nSPS) is 20.4. The molecule has 1 saturated heterocycles. The summed E-state index contributed by atoms with van der Waals surface area (Å²) < 4.78 is 12.8. The number of nitrogens with zero attached hydrogens (tertiary/aromatic N) is 1. The van der Waals surface area contributed by atoms with Crippen LogP contribution in [0.25, 0.3) is 0 Å². The molecule has 1 aromatic rings. The molecule has 0 aliphatic carbocycles. The Morgan fingerprint density at radius 3 is 2.74 bits per heavy atom. The first-order valence-electron chi connectivity index (χ1n) is 6.84. The van der Waals surface area contributed by atoms with E-state index < -0.39 is 0 Å². The molecule has 19 heavy (non-hydrogen) atoms. The molecule has 2 rings (SSSR count). The van der Waals surface area contributed by atoms with Crippen LogP contribution in [-0.4, -0.2) is 41.5 Å². The third-order valence-corrected chi connectivity index (χ3v) is 3.75. The van der Waals surface area contributed by atoms with Crippen molar-refractivity contribution in [1.29, 1.82) is 0 Å². The van der Waals surface area contributed by atoms with E-state index >= 15 is 0 Å². The van der Waals surface area contributed by atoms with Crippen LogP contribution in [0, 0.1) is 5.82 Å². The number of piperidine rings is 1. The van der Waals surface area contributed by atoms with Crippen molar-refractivity contribution in [2.75, 3.05) is 19.7 Å². The first kappa shape index (κ1) is 14.2. The third kappa shape index (κ3) is 3.85. The van der Waals surface area contributed by atoms with Crippen LogP contribution in [0.1, 0.15) is 36.0 Å². The van der Waals surface area contributed by atoms with Gasteiger partial charge in [-0.25, -0.2) is 4.39 Å². The summed E-state index contributed by atoms with van der Waals surface area (Å²) >= 11 is 0. The minimum atomic E-state index is -0.326. The Kier molecular flexibility index (Phi) is 5.05. The molecule has 1 heterocycles. The van der Waals surface area contributed by atoms with Gasteiger partial charge in [0.1, 0.15) is 5.82 Å². The molecule has 0 spiro atoms. The molecule has 1 fully saturated rings. The highest BCUT2D eigenvalue weighted by molar-refractivity contribution is 5.96. The van der Waals surface area contributed by atoms with E-state index in [0.717, 1.165) is 25.8 Å². The maximum Gasteiger partial charge on any atom is 0.164 e.